The van der Waals surface area contributed by atoms with E-state index >= 15 is 0 Å². The first-order valence-electron chi connectivity index (χ1n) is 5.96. The summed E-state index contributed by atoms with van der Waals surface area (Å²) in [5.41, 5.74) is 1.41. The molecule has 4 heteroatoms. The van der Waals surface area contributed by atoms with Gasteiger partial charge in [-0.2, -0.15) is 5.26 Å². The number of ether oxygens (including phenoxy) is 1. The van der Waals surface area contributed by atoms with Crippen LogP contribution in [0.25, 0.3) is 0 Å². The molecule has 0 spiro atoms. The second-order valence-corrected chi connectivity index (χ2v) is 4.39. The van der Waals surface area contributed by atoms with Gasteiger partial charge >= 0.3 is 0 Å². The molecule has 0 saturated heterocycles. The number of hydrogen-bond acceptors (Lipinski definition) is 4. The van der Waals surface area contributed by atoms with Crippen molar-refractivity contribution in [3.05, 3.63) is 24.0 Å². The monoisotopic (exact) mass is 231 g/mol. The lowest BCUT2D eigenvalue weighted by molar-refractivity contribution is 0.0755. The van der Waals surface area contributed by atoms with Crippen LogP contribution < -0.4 is 5.32 Å². The number of pyridine rings is 1. The third kappa shape index (κ3) is 2.95. The highest BCUT2D eigenvalue weighted by Gasteiger charge is 2.26. The summed E-state index contributed by atoms with van der Waals surface area (Å²) in [6.07, 6.45) is 5.64. The van der Waals surface area contributed by atoms with Crippen LogP contribution in [0.5, 0.6) is 0 Å². The predicted molar refractivity (Wildman–Crippen MR) is 65.6 cm³/mol. The summed E-state index contributed by atoms with van der Waals surface area (Å²) in [4.78, 5) is 3.94. The highest BCUT2D eigenvalue weighted by molar-refractivity contribution is 5.45. The molecule has 0 amide bonds. The van der Waals surface area contributed by atoms with Gasteiger partial charge in [-0.1, -0.05) is 6.42 Å². The van der Waals surface area contributed by atoms with Gasteiger partial charge < -0.3 is 10.1 Å². The minimum absolute atomic E-state index is 0.375. The number of anilines is 1. The second-order valence-electron chi connectivity index (χ2n) is 4.39. The lowest BCUT2D eigenvalue weighted by Gasteiger charge is -2.19. The van der Waals surface area contributed by atoms with Crippen LogP contribution in [0.2, 0.25) is 0 Å². The van der Waals surface area contributed by atoms with E-state index in [0.717, 1.165) is 18.7 Å². The average Bonchev–Trinajstić information content (AvgIpc) is 2.84. The van der Waals surface area contributed by atoms with Crippen LogP contribution in [0.3, 0.4) is 0 Å². The molecule has 1 aliphatic carbocycles. The normalized spacial score (nSPS) is 23.3. The van der Waals surface area contributed by atoms with Crippen molar-refractivity contribution in [1.82, 2.24) is 4.98 Å². The Kier molecular flexibility index (Phi) is 3.94. The van der Waals surface area contributed by atoms with Gasteiger partial charge in [0, 0.05) is 31.5 Å². The Morgan fingerprint density at radius 3 is 3.24 bits per heavy atom. The van der Waals surface area contributed by atoms with Crippen LogP contribution >= 0.6 is 0 Å². The first kappa shape index (κ1) is 11.9. The highest BCUT2D eigenvalue weighted by Crippen LogP contribution is 2.28. The Morgan fingerprint density at radius 1 is 1.59 bits per heavy atom. The van der Waals surface area contributed by atoms with Crippen LogP contribution in [0, 0.1) is 17.2 Å². The van der Waals surface area contributed by atoms with Crippen LogP contribution in [0.4, 0.5) is 5.69 Å². The van der Waals surface area contributed by atoms with Gasteiger partial charge in [-0.3, -0.25) is 0 Å². The molecule has 4 nitrogen and oxygen atoms in total. The fourth-order valence-electron chi connectivity index (χ4n) is 2.40. The molecule has 1 fully saturated rings. The second kappa shape index (κ2) is 5.65. The van der Waals surface area contributed by atoms with Crippen molar-refractivity contribution in [2.24, 2.45) is 5.92 Å². The molecule has 1 aliphatic rings. The predicted octanol–water partition coefficient (Wildman–Crippen LogP) is 2.18. The number of nitrogens with zero attached hydrogens (tertiary/aromatic N) is 2. The standard InChI is InChI=1S/C13H17N3O/c1-17-13-4-2-3-10(13)9-16-11-5-6-15-12(7-11)8-14/h5-7,10,13H,2-4,9H2,1H3,(H,15,16). The molecule has 1 aromatic heterocycles. The van der Waals surface area contributed by atoms with Gasteiger partial charge in [0.05, 0.1) is 6.10 Å². The summed E-state index contributed by atoms with van der Waals surface area (Å²) >= 11 is 0. The van der Waals surface area contributed by atoms with Crippen LogP contribution in [-0.2, 0) is 4.74 Å². The topological polar surface area (TPSA) is 57.9 Å². The Balaban J connectivity index is 1.91. The molecule has 1 heterocycles. The van der Waals surface area contributed by atoms with E-state index in [1.54, 1.807) is 19.4 Å². The molecule has 1 aromatic rings. The van der Waals surface area contributed by atoms with Gasteiger partial charge in [-0.15, -0.1) is 0 Å². The van der Waals surface area contributed by atoms with Crippen LogP contribution in [0.15, 0.2) is 18.3 Å². The van der Waals surface area contributed by atoms with Gasteiger partial charge in [0.25, 0.3) is 0 Å². The Labute approximate surface area is 102 Å². The SMILES string of the molecule is COC1CCCC1CNc1ccnc(C#N)c1. The fourth-order valence-corrected chi connectivity index (χ4v) is 2.40. The summed E-state index contributed by atoms with van der Waals surface area (Å²) in [7, 11) is 1.78. The summed E-state index contributed by atoms with van der Waals surface area (Å²) < 4.78 is 5.45. The van der Waals surface area contributed by atoms with Crippen molar-refractivity contribution in [1.29, 1.82) is 5.26 Å². The molecule has 0 bridgehead atoms. The number of hydrogen-bond donors (Lipinski definition) is 1. The molecule has 2 rings (SSSR count). The molecule has 0 radical (unpaired) electrons. The molecular formula is C13H17N3O. The molecule has 0 aromatic carbocycles. The molecule has 1 saturated carbocycles. The smallest absolute Gasteiger partial charge is 0.142 e. The average molecular weight is 231 g/mol. The van der Waals surface area contributed by atoms with Crippen molar-refractivity contribution in [2.45, 2.75) is 25.4 Å². The van der Waals surface area contributed by atoms with E-state index in [1.807, 2.05) is 12.1 Å². The van der Waals surface area contributed by atoms with Gasteiger partial charge in [-0.25, -0.2) is 4.98 Å². The van der Waals surface area contributed by atoms with E-state index < -0.39 is 0 Å². The molecule has 90 valence electrons. The third-order valence-electron chi connectivity index (χ3n) is 3.33. The van der Waals surface area contributed by atoms with Crippen molar-refractivity contribution in [3.63, 3.8) is 0 Å². The molecule has 0 aliphatic heterocycles. The number of methoxy groups -OCH3 is 1. The number of rotatable bonds is 4. The van der Waals surface area contributed by atoms with Crippen LogP contribution in [-0.4, -0.2) is 24.7 Å². The van der Waals surface area contributed by atoms with E-state index in [1.165, 1.54) is 12.8 Å². The summed E-state index contributed by atoms with van der Waals surface area (Å²) in [5.74, 6) is 0.568. The maximum Gasteiger partial charge on any atom is 0.142 e. The van der Waals surface area contributed by atoms with Crippen molar-refractivity contribution in [3.8, 4) is 6.07 Å². The van der Waals surface area contributed by atoms with Gasteiger partial charge in [0.1, 0.15) is 11.8 Å². The molecule has 2 atom stereocenters. The number of nitrogens with one attached hydrogen (secondary N) is 1. The van der Waals surface area contributed by atoms with Crippen LogP contribution in [0.1, 0.15) is 25.0 Å². The molecule has 2 unspecified atom stereocenters. The molecule has 1 N–H and O–H groups in total. The Bertz CT molecular complexity index is 413. The summed E-state index contributed by atoms with van der Waals surface area (Å²) in [6, 6.07) is 5.70. The zero-order chi connectivity index (χ0) is 12.1. The molecule has 17 heavy (non-hydrogen) atoms. The number of aromatic nitrogens is 1. The van der Waals surface area contributed by atoms with E-state index in [0.29, 0.717) is 17.7 Å². The van der Waals surface area contributed by atoms with Gasteiger partial charge in [-0.05, 0) is 25.0 Å². The van der Waals surface area contributed by atoms with Crippen molar-refractivity contribution < 1.29 is 4.74 Å². The number of nitriles is 1. The minimum Gasteiger partial charge on any atom is -0.385 e. The van der Waals surface area contributed by atoms with E-state index in [-0.39, 0.29) is 0 Å². The Morgan fingerprint density at radius 2 is 2.47 bits per heavy atom. The summed E-state index contributed by atoms with van der Waals surface area (Å²) in [6.45, 7) is 0.896. The lowest BCUT2D eigenvalue weighted by Crippen LogP contribution is -2.23. The third-order valence-corrected chi connectivity index (χ3v) is 3.33. The Hall–Kier alpha value is -1.60. The fraction of sp³-hybridized carbons (Fsp3) is 0.538. The molecular weight excluding hydrogens is 214 g/mol. The van der Waals surface area contributed by atoms with E-state index in [4.69, 9.17) is 10.00 Å². The van der Waals surface area contributed by atoms with Crippen molar-refractivity contribution >= 4 is 5.69 Å². The maximum absolute atomic E-state index is 8.76. The quantitative estimate of drug-likeness (QED) is 0.862. The van der Waals surface area contributed by atoms with Gasteiger partial charge in [0.15, 0.2) is 0 Å². The first-order chi connectivity index (χ1) is 8.33. The zero-order valence-corrected chi connectivity index (χ0v) is 10.0. The summed E-state index contributed by atoms with van der Waals surface area (Å²) in [5, 5.41) is 12.1. The highest BCUT2D eigenvalue weighted by atomic mass is 16.5. The van der Waals surface area contributed by atoms with E-state index in [9.17, 15) is 0 Å². The minimum atomic E-state index is 0.375. The largest absolute Gasteiger partial charge is 0.385 e. The first-order valence-corrected chi connectivity index (χ1v) is 5.96. The van der Waals surface area contributed by atoms with Crippen molar-refractivity contribution in [2.75, 3.05) is 19.0 Å². The van der Waals surface area contributed by atoms with E-state index in [2.05, 4.69) is 10.3 Å². The van der Waals surface area contributed by atoms with Gasteiger partial charge in [0.2, 0.25) is 0 Å². The maximum atomic E-state index is 8.76. The zero-order valence-electron chi connectivity index (χ0n) is 10.0. The lowest BCUT2D eigenvalue weighted by atomic mass is 10.1.